The Balaban J connectivity index is 1.46. The van der Waals surface area contributed by atoms with Crippen LogP contribution >= 0.6 is 0 Å². The van der Waals surface area contributed by atoms with Gasteiger partial charge in [0, 0.05) is 17.7 Å². The molecule has 28 heavy (non-hydrogen) atoms. The predicted octanol–water partition coefficient (Wildman–Crippen LogP) is 2.85. The number of H-pyrrole nitrogens is 1. The molecule has 0 atom stereocenters. The number of para-hydroxylation sites is 2. The molecule has 140 valence electrons. The van der Waals surface area contributed by atoms with E-state index in [9.17, 15) is 4.79 Å². The molecule has 2 aromatic carbocycles. The molecule has 0 unspecified atom stereocenters. The molecule has 0 radical (unpaired) electrons. The smallest absolute Gasteiger partial charge is 0.232 e. The Morgan fingerprint density at radius 1 is 1.18 bits per heavy atom. The van der Waals surface area contributed by atoms with E-state index in [-0.39, 0.29) is 11.7 Å². The number of nitriles is 1. The second-order valence-electron chi connectivity index (χ2n) is 6.58. The second kappa shape index (κ2) is 7.45. The first-order chi connectivity index (χ1) is 13.7. The van der Waals surface area contributed by atoms with Gasteiger partial charge in [0.15, 0.2) is 5.82 Å². The van der Waals surface area contributed by atoms with Crippen LogP contribution in [-0.2, 0) is 11.2 Å². The summed E-state index contributed by atoms with van der Waals surface area (Å²) in [5, 5.41) is 18.8. The predicted molar refractivity (Wildman–Crippen MR) is 104 cm³/mol. The number of amides is 1. The van der Waals surface area contributed by atoms with Crippen molar-refractivity contribution in [1.82, 2.24) is 15.5 Å². The summed E-state index contributed by atoms with van der Waals surface area (Å²) in [5.41, 5.74) is 8.42. The fourth-order valence-electron chi connectivity index (χ4n) is 3.47. The van der Waals surface area contributed by atoms with E-state index in [0.29, 0.717) is 42.1 Å². The van der Waals surface area contributed by atoms with Crippen molar-refractivity contribution in [3.63, 3.8) is 0 Å². The zero-order valence-corrected chi connectivity index (χ0v) is 15.1. The lowest BCUT2D eigenvalue weighted by atomic mass is 9.87. The van der Waals surface area contributed by atoms with Gasteiger partial charge in [-0.2, -0.15) is 10.4 Å². The van der Waals surface area contributed by atoms with Gasteiger partial charge in [0.1, 0.15) is 23.1 Å². The third-order valence-electron chi connectivity index (χ3n) is 4.83. The average Bonchev–Trinajstić information content (AvgIpc) is 3.08. The highest BCUT2D eigenvalue weighted by Crippen LogP contribution is 2.43. The molecule has 0 bridgehead atoms. The number of nitrogen functional groups attached to an aromatic ring is 1. The molecule has 0 saturated heterocycles. The Bertz CT molecular complexity index is 1020. The number of anilines is 1. The number of benzene rings is 2. The molecule has 0 fully saturated rings. The fraction of sp³-hybridized carbons (Fsp3) is 0.190. The van der Waals surface area contributed by atoms with Crippen LogP contribution in [0.5, 0.6) is 11.5 Å². The van der Waals surface area contributed by atoms with Crippen molar-refractivity contribution >= 4 is 11.7 Å². The number of aryl methyl sites for hydroxylation is 1. The maximum absolute atomic E-state index is 13.0. The zero-order chi connectivity index (χ0) is 19.5. The van der Waals surface area contributed by atoms with Crippen molar-refractivity contribution in [2.75, 3.05) is 12.3 Å². The number of hydrogen-bond donors (Lipinski definition) is 3. The Labute approximate surface area is 162 Å². The number of aromatic amines is 1. The van der Waals surface area contributed by atoms with E-state index < -0.39 is 5.92 Å². The number of fused-ring (bicyclic) bond motifs is 2. The molecule has 1 aliphatic heterocycles. The Morgan fingerprint density at radius 3 is 2.46 bits per heavy atom. The van der Waals surface area contributed by atoms with Crippen LogP contribution < -0.4 is 15.8 Å². The van der Waals surface area contributed by atoms with Gasteiger partial charge < -0.3 is 15.8 Å². The van der Waals surface area contributed by atoms with E-state index in [1.54, 1.807) is 0 Å². The first kappa shape index (κ1) is 17.6. The third-order valence-corrected chi connectivity index (χ3v) is 4.83. The number of nitrogens with zero attached hydrogens (tertiary/aromatic N) is 2. The average molecular weight is 373 g/mol. The van der Waals surface area contributed by atoms with Crippen molar-refractivity contribution < 1.29 is 9.53 Å². The molecule has 0 aliphatic carbocycles. The van der Waals surface area contributed by atoms with E-state index in [1.807, 2.05) is 54.6 Å². The van der Waals surface area contributed by atoms with Gasteiger partial charge >= 0.3 is 0 Å². The van der Waals surface area contributed by atoms with Gasteiger partial charge in [0.05, 0.1) is 11.6 Å². The molecule has 1 aromatic heterocycles. The Hall–Kier alpha value is -3.79. The second-order valence-corrected chi connectivity index (χ2v) is 6.58. The van der Waals surface area contributed by atoms with Gasteiger partial charge in [-0.3, -0.25) is 9.89 Å². The van der Waals surface area contributed by atoms with Crippen LogP contribution in [0.1, 0.15) is 34.7 Å². The van der Waals surface area contributed by atoms with Crippen LogP contribution in [-0.4, -0.2) is 22.6 Å². The summed E-state index contributed by atoms with van der Waals surface area (Å²) in [4.78, 5) is 13.0. The van der Waals surface area contributed by atoms with Crippen LogP contribution in [0.4, 0.5) is 5.82 Å². The molecule has 1 aliphatic rings. The summed E-state index contributed by atoms with van der Waals surface area (Å²) in [6.07, 6.45) is 1.24. The number of nitrogens with one attached hydrogen (secondary N) is 2. The largest absolute Gasteiger partial charge is 0.457 e. The van der Waals surface area contributed by atoms with E-state index in [2.05, 4.69) is 15.5 Å². The highest BCUT2D eigenvalue weighted by molar-refractivity contribution is 5.89. The summed E-state index contributed by atoms with van der Waals surface area (Å²) in [7, 11) is 0. The van der Waals surface area contributed by atoms with E-state index in [4.69, 9.17) is 15.7 Å². The number of ether oxygens (including phenoxy) is 1. The van der Waals surface area contributed by atoms with Crippen molar-refractivity contribution in [3.8, 4) is 17.6 Å². The van der Waals surface area contributed by atoms with Crippen molar-refractivity contribution in [2.24, 2.45) is 0 Å². The maximum atomic E-state index is 13.0. The molecule has 0 spiro atoms. The van der Waals surface area contributed by atoms with Gasteiger partial charge in [-0.15, -0.1) is 0 Å². The van der Waals surface area contributed by atoms with E-state index >= 15 is 0 Å². The van der Waals surface area contributed by atoms with Crippen molar-refractivity contribution in [1.29, 1.82) is 5.26 Å². The van der Waals surface area contributed by atoms with Crippen LogP contribution in [0.15, 0.2) is 48.5 Å². The number of aromatic nitrogens is 2. The lowest BCUT2D eigenvalue weighted by molar-refractivity contribution is -0.121. The molecule has 7 heteroatoms. The van der Waals surface area contributed by atoms with E-state index in [1.165, 1.54) is 0 Å². The molecule has 3 aromatic rings. The lowest BCUT2D eigenvalue weighted by Gasteiger charge is -2.27. The number of hydrogen-bond acceptors (Lipinski definition) is 5. The summed E-state index contributed by atoms with van der Waals surface area (Å²) in [6.45, 7) is 0.477. The number of carbonyl (C=O) groups is 1. The normalized spacial score (nSPS) is 12.4. The fourth-order valence-corrected chi connectivity index (χ4v) is 3.47. The first-order valence-electron chi connectivity index (χ1n) is 9.05. The Kier molecular flexibility index (Phi) is 4.68. The highest BCUT2D eigenvalue weighted by Gasteiger charge is 2.32. The van der Waals surface area contributed by atoms with Crippen LogP contribution in [0, 0.1) is 11.3 Å². The summed E-state index contributed by atoms with van der Waals surface area (Å²) in [6, 6.07) is 17.2. The van der Waals surface area contributed by atoms with Gasteiger partial charge in [-0.25, -0.2) is 0 Å². The molecule has 4 rings (SSSR count). The van der Waals surface area contributed by atoms with Crippen molar-refractivity contribution in [3.05, 3.63) is 70.9 Å². The molecule has 1 amide bonds. The molecular formula is C21H19N5O2. The molecule has 7 nitrogen and oxygen atoms in total. The topological polar surface area (TPSA) is 117 Å². The van der Waals surface area contributed by atoms with Gasteiger partial charge in [-0.1, -0.05) is 36.4 Å². The summed E-state index contributed by atoms with van der Waals surface area (Å²) in [5.74, 6) is 1.12. The van der Waals surface area contributed by atoms with Gasteiger partial charge in [-0.05, 0) is 25.0 Å². The summed E-state index contributed by atoms with van der Waals surface area (Å²) >= 11 is 0. The number of nitrogens with two attached hydrogens (primary N) is 1. The zero-order valence-electron chi connectivity index (χ0n) is 15.1. The van der Waals surface area contributed by atoms with Crippen LogP contribution in [0.25, 0.3) is 0 Å². The highest BCUT2D eigenvalue weighted by atomic mass is 16.5. The van der Waals surface area contributed by atoms with E-state index in [0.717, 1.165) is 11.1 Å². The standard InChI is InChI=1S/C21H19N5O2/c22-12-15-16(25-26-20(15)23)8-5-11-24-21(27)19-13-6-1-3-9-17(13)28-18-10-4-2-7-14(18)19/h1-4,6-7,9-10,19H,5,8,11H2,(H,24,27)(H3,23,25,26). The molecule has 0 saturated carbocycles. The molecule has 2 heterocycles. The Morgan fingerprint density at radius 2 is 1.82 bits per heavy atom. The maximum Gasteiger partial charge on any atom is 0.232 e. The number of rotatable bonds is 5. The minimum Gasteiger partial charge on any atom is -0.457 e. The molecule has 4 N–H and O–H groups in total. The van der Waals surface area contributed by atoms with Gasteiger partial charge in [0.25, 0.3) is 0 Å². The van der Waals surface area contributed by atoms with Crippen molar-refractivity contribution in [2.45, 2.75) is 18.8 Å². The minimum absolute atomic E-state index is 0.0761. The lowest BCUT2D eigenvalue weighted by Crippen LogP contribution is -2.32. The van der Waals surface area contributed by atoms with Gasteiger partial charge in [0.2, 0.25) is 5.91 Å². The monoisotopic (exact) mass is 373 g/mol. The first-order valence-corrected chi connectivity index (χ1v) is 9.05. The van der Waals surface area contributed by atoms with Crippen LogP contribution in [0.3, 0.4) is 0 Å². The molecular weight excluding hydrogens is 354 g/mol. The minimum atomic E-state index is -0.418. The third kappa shape index (κ3) is 3.16. The quantitative estimate of drug-likeness (QED) is 0.595. The summed E-state index contributed by atoms with van der Waals surface area (Å²) < 4.78 is 5.94. The van der Waals surface area contributed by atoms with Crippen LogP contribution in [0.2, 0.25) is 0 Å². The SMILES string of the molecule is N#Cc1c(N)n[nH]c1CCCNC(=O)C1c2ccccc2Oc2ccccc21. The number of carbonyl (C=O) groups excluding carboxylic acids is 1.